The van der Waals surface area contributed by atoms with Crippen LogP contribution in [0.25, 0.3) is 0 Å². The molecule has 0 aliphatic carbocycles. The van der Waals surface area contributed by atoms with Crippen molar-refractivity contribution in [1.29, 1.82) is 0 Å². The summed E-state index contributed by atoms with van der Waals surface area (Å²) in [5, 5.41) is 8.91. The zero-order valence-electron chi connectivity index (χ0n) is 13.2. The van der Waals surface area contributed by atoms with Gasteiger partial charge in [-0.15, -0.1) is 0 Å². The summed E-state index contributed by atoms with van der Waals surface area (Å²) >= 11 is 5.04. The van der Waals surface area contributed by atoms with E-state index in [4.69, 9.17) is 17.0 Å². The van der Waals surface area contributed by atoms with E-state index in [1.165, 1.54) is 7.11 Å². The summed E-state index contributed by atoms with van der Waals surface area (Å²) in [5.41, 5.74) is -0.526. The average Bonchev–Trinajstić information content (AvgIpc) is 2.33. The van der Waals surface area contributed by atoms with Gasteiger partial charge in [-0.05, 0) is 39.9 Å². The molecule has 0 saturated carbocycles. The Morgan fingerprint density at radius 2 is 1.86 bits per heavy atom. The molecule has 0 bridgehead atoms. The van der Waals surface area contributed by atoms with E-state index in [-0.39, 0.29) is 18.4 Å². The minimum absolute atomic E-state index is 0.153. The number of nitrogens with one attached hydrogen (secondary N) is 3. The van der Waals surface area contributed by atoms with E-state index in [0.717, 1.165) is 0 Å². The van der Waals surface area contributed by atoms with Crippen LogP contribution in [0.5, 0.6) is 0 Å². The van der Waals surface area contributed by atoms with Gasteiger partial charge < -0.3 is 25.4 Å². The van der Waals surface area contributed by atoms with Gasteiger partial charge in [0.2, 0.25) is 0 Å². The first-order valence-electron chi connectivity index (χ1n) is 6.72. The van der Waals surface area contributed by atoms with Gasteiger partial charge in [-0.25, -0.2) is 4.79 Å². The Balaban J connectivity index is 3.82. The van der Waals surface area contributed by atoms with Gasteiger partial charge in [0, 0.05) is 19.1 Å². The van der Waals surface area contributed by atoms with E-state index in [9.17, 15) is 9.59 Å². The van der Waals surface area contributed by atoms with Crippen molar-refractivity contribution in [2.24, 2.45) is 0 Å². The molecular formula is C13H25N3O4S. The van der Waals surface area contributed by atoms with Crippen molar-refractivity contribution >= 4 is 29.4 Å². The first kappa shape index (κ1) is 19.4. The average molecular weight is 319 g/mol. The van der Waals surface area contributed by atoms with E-state index in [1.54, 1.807) is 20.8 Å². The highest BCUT2D eigenvalue weighted by atomic mass is 32.1. The van der Waals surface area contributed by atoms with E-state index >= 15 is 0 Å². The van der Waals surface area contributed by atoms with E-state index in [1.807, 2.05) is 6.92 Å². The van der Waals surface area contributed by atoms with Crippen LogP contribution < -0.4 is 16.0 Å². The summed E-state index contributed by atoms with van der Waals surface area (Å²) in [6.45, 7) is 8.07. The van der Waals surface area contributed by atoms with Gasteiger partial charge in [0.15, 0.2) is 5.11 Å². The van der Waals surface area contributed by atoms with Crippen LogP contribution in [0.15, 0.2) is 0 Å². The van der Waals surface area contributed by atoms with Crippen molar-refractivity contribution in [2.75, 3.05) is 20.2 Å². The normalized spacial score (nSPS) is 12.0. The lowest BCUT2D eigenvalue weighted by Crippen LogP contribution is -2.46. The smallest absolute Gasteiger partial charge is 0.407 e. The summed E-state index contributed by atoms with van der Waals surface area (Å²) < 4.78 is 9.65. The quantitative estimate of drug-likeness (QED) is 0.496. The summed E-state index contributed by atoms with van der Waals surface area (Å²) in [6.07, 6.45) is -0.231. The summed E-state index contributed by atoms with van der Waals surface area (Å²) in [6, 6.07) is -0.153. The third kappa shape index (κ3) is 11.9. The summed E-state index contributed by atoms with van der Waals surface area (Å²) in [5.74, 6) is -0.301. The largest absolute Gasteiger partial charge is 0.469 e. The van der Waals surface area contributed by atoms with Crippen molar-refractivity contribution in [1.82, 2.24) is 16.0 Å². The molecular weight excluding hydrogens is 294 g/mol. The fourth-order valence-corrected chi connectivity index (χ4v) is 1.43. The zero-order valence-corrected chi connectivity index (χ0v) is 14.1. The Labute approximate surface area is 131 Å². The molecule has 0 aliphatic rings. The molecule has 0 aromatic heterocycles. The fourth-order valence-electron chi connectivity index (χ4n) is 1.25. The van der Waals surface area contributed by atoms with Crippen molar-refractivity contribution in [3.63, 3.8) is 0 Å². The number of carbonyl (C=O) groups is 2. The highest BCUT2D eigenvalue weighted by Crippen LogP contribution is 2.06. The predicted molar refractivity (Wildman–Crippen MR) is 84.1 cm³/mol. The van der Waals surface area contributed by atoms with Gasteiger partial charge in [-0.1, -0.05) is 0 Å². The molecule has 3 N–H and O–H groups in total. The molecule has 0 aromatic carbocycles. The van der Waals surface area contributed by atoms with Gasteiger partial charge in [0.25, 0.3) is 0 Å². The van der Waals surface area contributed by atoms with Gasteiger partial charge in [-0.3, -0.25) is 4.79 Å². The number of hydrogen-bond donors (Lipinski definition) is 3. The third-order valence-electron chi connectivity index (χ3n) is 2.17. The maximum atomic E-state index is 11.5. The SMILES string of the molecule is COC(=O)CCNC(=S)NC[C@H](C)NC(=O)OC(C)(C)C. The molecule has 0 saturated heterocycles. The standard InChI is InChI=1S/C13H25N3O4S/c1-9(16-12(18)20-13(2,3)4)8-15-11(21)14-7-6-10(17)19-5/h9H,6-8H2,1-5H3,(H,16,18)(H2,14,15,21)/t9-/m0/s1. The summed E-state index contributed by atoms with van der Waals surface area (Å²) in [7, 11) is 1.34. The lowest BCUT2D eigenvalue weighted by molar-refractivity contribution is -0.140. The van der Waals surface area contributed by atoms with Crippen LogP contribution in [-0.4, -0.2) is 49.0 Å². The minimum atomic E-state index is -0.526. The molecule has 7 nitrogen and oxygen atoms in total. The Morgan fingerprint density at radius 1 is 1.24 bits per heavy atom. The van der Waals surface area contributed by atoms with Gasteiger partial charge >= 0.3 is 12.1 Å². The topological polar surface area (TPSA) is 88.7 Å². The molecule has 1 atom stereocenters. The van der Waals surface area contributed by atoms with Gasteiger partial charge in [0.05, 0.1) is 13.5 Å². The van der Waals surface area contributed by atoms with E-state index in [0.29, 0.717) is 18.2 Å². The Hall–Kier alpha value is -1.57. The van der Waals surface area contributed by atoms with E-state index < -0.39 is 11.7 Å². The molecule has 0 spiro atoms. The Bertz CT molecular complexity index is 369. The Morgan fingerprint density at radius 3 is 2.38 bits per heavy atom. The monoisotopic (exact) mass is 319 g/mol. The minimum Gasteiger partial charge on any atom is -0.469 e. The number of ether oxygens (including phenoxy) is 2. The number of rotatable bonds is 6. The van der Waals surface area contributed by atoms with Crippen LogP contribution in [0.2, 0.25) is 0 Å². The number of esters is 1. The molecule has 0 fully saturated rings. The molecule has 1 amide bonds. The molecule has 21 heavy (non-hydrogen) atoms. The maximum Gasteiger partial charge on any atom is 0.407 e. The summed E-state index contributed by atoms with van der Waals surface area (Å²) in [4.78, 5) is 22.4. The number of carbonyl (C=O) groups excluding carboxylic acids is 2. The number of thiocarbonyl (C=S) groups is 1. The molecule has 0 aromatic rings. The van der Waals surface area contributed by atoms with Crippen LogP contribution >= 0.6 is 12.2 Å². The highest BCUT2D eigenvalue weighted by molar-refractivity contribution is 7.80. The van der Waals surface area contributed by atoms with Crippen molar-refractivity contribution in [3.8, 4) is 0 Å². The molecule has 0 radical (unpaired) electrons. The molecule has 8 heteroatoms. The first-order valence-corrected chi connectivity index (χ1v) is 7.13. The second-order valence-electron chi connectivity index (χ2n) is 5.51. The Kier molecular flexibility index (Phi) is 8.68. The van der Waals surface area contributed by atoms with Gasteiger partial charge in [0.1, 0.15) is 5.60 Å². The van der Waals surface area contributed by atoms with Crippen molar-refractivity contribution in [2.45, 2.75) is 45.8 Å². The number of hydrogen-bond acceptors (Lipinski definition) is 5. The number of amides is 1. The first-order chi connectivity index (χ1) is 9.64. The maximum absolute atomic E-state index is 11.5. The number of methoxy groups -OCH3 is 1. The molecule has 0 unspecified atom stereocenters. The lowest BCUT2D eigenvalue weighted by atomic mass is 10.2. The zero-order chi connectivity index (χ0) is 16.5. The lowest BCUT2D eigenvalue weighted by Gasteiger charge is -2.22. The van der Waals surface area contributed by atoms with Crippen molar-refractivity contribution in [3.05, 3.63) is 0 Å². The molecule has 122 valence electrons. The highest BCUT2D eigenvalue weighted by Gasteiger charge is 2.17. The molecule has 0 aliphatic heterocycles. The second-order valence-corrected chi connectivity index (χ2v) is 5.92. The van der Waals surface area contributed by atoms with Crippen LogP contribution in [0.3, 0.4) is 0 Å². The van der Waals surface area contributed by atoms with Crippen LogP contribution in [0, 0.1) is 0 Å². The number of alkyl carbamates (subject to hydrolysis) is 1. The van der Waals surface area contributed by atoms with Gasteiger partial charge in [-0.2, -0.15) is 0 Å². The molecule has 0 rings (SSSR count). The second kappa shape index (κ2) is 9.38. The fraction of sp³-hybridized carbons (Fsp3) is 0.769. The van der Waals surface area contributed by atoms with Crippen LogP contribution in [0.1, 0.15) is 34.1 Å². The predicted octanol–water partition coefficient (Wildman–Crippen LogP) is 0.927. The third-order valence-corrected chi connectivity index (χ3v) is 2.46. The van der Waals surface area contributed by atoms with Crippen molar-refractivity contribution < 1.29 is 19.1 Å². The van der Waals surface area contributed by atoms with Crippen LogP contribution in [0.4, 0.5) is 4.79 Å². The van der Waals surface area contributed by atoms with Crippen LogP contribution in [-0.2, 0) is 14.3 Å². The molecule has 0 heterocycles. The van der Waals surface area contributed by atoms with E-state index in [2.05, 4.69) is 20.7 Å².